The van der Waals surface area contributed by atoms with Gasteiger partial charge in [-0.25, -0.2) is 4.98 Å². The Bertz CT molecular complexity index is 828. The first kappa shape index (κ1) is 22.3. The van der Waals surface area contributed by atoms with Crippen molar-refractivity contribution in [3.05, 3.63) is 36.2 Å². The van der Waals surface area contributed by atoms with Crippen molar-refractivity contribution < 1.29 is 13.2 Å². The zero-order valence-corrected chi connectivity index (χ0v) is 19.0. The normalized spacial score (nSPS) is 22.9. The quantitative estimate of drug-likeness (QED) is 0.471. The number of hydrogen-bond donors (Lipinski definition) is 0. The van der Waals surface area contributed by atoms with Crippen molar-refractivity contribution in [1.82, 2.24) is 4.98 Å². The third-order valence-electron chi connectivity index (χ3n) is 6.63. The van der Waals surface area contributed by atoms with Gasteiger partial charge in [-0.3, -0.25) is 0 Å². The zero-order valence-electron chi connectivity index (χ0n) is 18.2. The molecule has 0 spiro atoms. The van der Waals surface area contributed by atoms with Crippen LogP contribution in [0.1, 0.15) is 59.9 Å². The number of halogens is 3. The summed E-state index contributed by atoms with van der Waals surface area (Å²) in [6, 6.07) is 1.83. The van der Waals surface area contributed by atoms with Crippen molar-refractivity contribution in [3.8, 4) is 0 Å². The molecule has 0 amide bonds. The van der Waals surface area contributed by atoms with E-state index >= 15 is 0 Å². The molecule has 2 nitrogen and oxygen atoms in total. The highest BCUT2D eigenvalue weighted by Gasteiger charge is 2.43. The van der Waals surface area contributed by atoms with Crippen LogP contribution in [0.4, 0.5) is 19.0 Å². The van der Waals surface area contributed by atoms with Gasteiger partial charge in [0.05, 0.1) is 5.57 Å². The number of anilines is 1. The number of aromatic nitrogens is 1. The molecule has 0 saturated heterocycles. The topological polar surface area (TPSA) is 16.1 Å². The van der Waals surface area contributed by atoms with Crippen molar-refractivity contribution in [2.45, 2.75) is 71.5 Å². The van der Waals surface area contributed by atoms with Gasteiger partial charge in [0.25, 0.3) is 0 Å². The molecule has 2 aliphatic rings. The minimum Gasteiger partial charge on any atom is -0.323 e. The number of rotatable bonds is 4. The van der Waals surface area contributed by atoms with Crippen LogP contribution in [0.15, 0.2) is 35.5 Å². The van der Waals surface area contributed by atoms with Crippen molar-refractivity contribution in [1.29, 1.82) is 0 Å². The van der Waals surface area contributed by atoms with Crippen LogP contribution in [-0.4, -0.2) is 23.0 Å². The number of alkyl halides is 3. The molecule has 1 saturated carbocycles. The molecule has 2 heterocycles. The molecule has 29 heavy (non-hydrogen) atoms. The third-order valence-corrected chi connectivity index (χ3v) is 8.05. The van der Waals surface area contributed by atoms with Gasteiger partial charge in [-0.2, -0.15) is 13.2 Å². The smallest absolute Gasteiger partial charge is 0.323 e. The van der Waals surface area contributed by atoms with Gasteiger partial charge in [-0.15, -0.1) is 11.8 Å². The number of pyridine rings is 1. The van der Waals surface area contributed by atoms with E-state index in [2.05, 4.69) is 53.1 Å². The maximum Gasteiger partial charge on any atom is 0.417 e. The summed E-state index contributed by atoms with van der Waals surface area (Å²) in [5, 5.41) is 0. The van der Waals surface area contributed by atoms with Crippen LogP contribution < -0.4 is 4.90 Å². The van der Waals surface area contributed by atoms with E-state index in [1.807, 2.05) is 4.90 Å². The Labute approximate surface area is 176 Å². The van der Waals surface area contributed by atoms with E-state index in [0.717, 1.165) is 23.5 Å². The van der Waals surface area contributed by atoms with Gasteiger partial charge in [0, 0.05) is 34.1 Å². The van der Waals surface area contributed by atoms with Gasteiger partial charge in [0.2, 0.25) is 0 Å². The lowest BCUT2D eigenvalue weighted by Gasteiger charge is -2.45. The van der Waals surface area contributed by atoms with Gasteiger partial charge in [-0.05, 0) is 41.7 Å². The summed E-state index contributed by atoms with van der Waals surface area (Å²) < 4.78 is 41.3. The molecule has 160 valence electrons. The highest BCUT2D eigenvalue weighted by Crippen LogP contribution is 2.48. The monoisotopic (exact) mass is 424 g/mol. The first-order chi connectivity index (χ1) is 13.2. The molecule has 1 aromatic rings. The van der Waals surface area contributed by atoms with Crippen molar-refractivity contribution in [2.24, 2.45) is 16.7 Å². The molecular weight excluding hydrogens is 393 g/mol. The number of nitrogens with zero attached hydrogens (tertiary/aromatic N) is 2. The first-order valence-corrected chi connectivity index (χ1v) is 11.1. The summed E-state index contributed by atoms with van der Waals surface area (Å²) in [5.41, 5.74) is 0.0185. The van der Waals surface area contributed by atoms with E-state index < -0.39 is 11.7 Å². The molecule has 0 N–H and O–H groups in total. The molecule has 1 aliphatic heterocycles. The Balaban J connectivity index is 1.95. The summed E-state index contributed by atoms with van der Waals surface area (Å²) in [7, 11) is 0. The second kappa shape index (κ2) is 7.36. The second-order valence-corrected chi connectivity index (χ2v) is 11.2. The first-order valence-electron chi connectivity index (χ1n) is 10.1. The zero-order chi connectivity index (χ0) is 21.8. The van der Waals surface area contributed by atoms with Crippen LogP contribution in [0.25, 0.3) is 5.57 Å². The number of thioether (sulfide) groups is 1. The van der Waals surface area contributed by atoms with Gasteiger partial charge in [-0.1, -0.05) is 48.1 Å². The lowest BCUT2D eigenvalue weighted by Crippen LogP contribution is -2.45. The highest BCUT2D eigenvalue weighted by atomic mass is 32.2. The molecule has 0 aromatic carbocycles. The minimum atomic E-state index is -4.44. The number of allylic oxidation sites excluding steroid dienone is 2. The molecule has 6 heteroatoms. The van der Waals surface area contributed by atoms with Crippen LogP contribution in [0.5, 0.6) is 0 Å². The fraction of sp³-hybridized carbons (Fsp3) is 0.609. The second-order valence-electron chi connectivity index (χ2n) is 10.1. The summed E-state index contributed by atoms with van der Waals surface area (Å²) in [5.74, 6) is 1.78. The van der Waals surface area contributed by atoms with Crippen LogP contribution in [-0.2, 0) is 0 Å². The summed E-state index contributed by atoms with van der Waals surface area (Å²) >= 11 is 1.57. The van der Waals surface area contributed by atoms with Gasteiger partial charge >= 0.3 is 6.18 Å². The van der Waals surface area contributed by atoms with E-state index in [1.165, 1.54) is 6.08 Å². The molecule has 3 rings (SSSR count). The van der Waals surface area contributed by atoms with Gasteiger partial charge in [0.15, 0.2) is 0 Å². The fourth-order valence-electron chi connectivity index (χ4n) is 3.55. The molecule has 0 bridgehead atoms. The van der Waals surface area contributed by atoms with E-state index in [0.29, 0.717) is 17.4 Å². The SMILES string of the molecule is C=C1C=C(C(F)(F)F)c2cc(SCC(C)(C)C(C)(C)C)cnc2N1C1CC(C)C1. The van der Waals surface area contributed by atoms with Crippen molar-refractivity contribution in [3.63, 3.8) is 0 Å². The average molecular weight is 425 g/mol. The largest absolute Gasteiger partial charge is 0.417 e. The third kappa shape index (κ3) is 4.37. The summed E-state index contributed by atoms with van der Waals surface area (Å²) in [6.45, 7) is 17.0. The number of hydrogen-bond acceptors (Lipinski definition) is 3. The van der Waals surface area contributed by atoms with E-state index in [9.17, 15) is 13.2 Å². The van der Waals surface area contributed by atoms with Gasteiger partial charge < -0.3 is 4.90 Å². The Morgan fingerprint density at radius 3 is 2.31 bits per heavy atom. The predicted molar refractivity (Wildman–Crippen MR) is 116 cm³/mol. The Kier molecular flexibility index (Phi) is 5.65. The molecule has 1 aliphatic carbocycles. The van der Waals surface area contributed by atoms with Gasteiger partial charge in [0.1, 0.15) is 5.82 Å². The van der Waals surface area contributed by atoms with Crippen LogP contribution >= 0.6 is 11.8 Å². The standard InChI is InChI=1S/C23H31F3N2S/c1-14-8-16(9-14)28-15(2)10-19(23(24,25)26)18-11-17(12-27-20(18)28)29-13-22(6,7)21(3,4)5/h10-12,14,16H,2,8-9,13H2,1,3-7H3. The molecule has 0 radical (unpaired) electrons. The molecular formula is C23H31F3N2S. The van der Waals surface area contributed by atoms with Crippen molar-refractivity contribution in [2.75, 3.05) is 10.7 Å². The molecule has 0 unspecified atom stereocenters. The predicted octanol–water partition coefficient (Wildman–Crippen LogP) is 7.32. The van der Waals surface area contributed by atoms with Crippen LogP contribution in [0.3, 0.4) is 0 Å². The molecule has 0 atom stereocenters. The summed E-state index contributed by atoms with van der Waals surface area (Å²) in [4.78, 5) is 7.18. The van der Waals surface area contributed by atoms with Crippen LogP contribution in [0, 0.1) is 16.7 Å². The minimum absolute atomic E-state index is 0.0264. The Hall–Kier alpha value is -1.43. The lowest BCUT2D eigenvalue weighted by molar-refractivity contribution is -0.0690. The van der Waals surface area contributed by atoms with Crippen LogP contribution in [0.2, 0.25) is 0 Å². The average Bonchev–Trinajstić information content (AvgIpc) is 2.55. The van der Waals surface area contributed by atoms with E-state index in [1.54, 1.807) is 24.0 Å². The van der Waals surface area contributed by atoms with E-state index in [-0.39, 0.29) is 22.4 Å². The Morgan fingerprint density at radius 2 is 1.79 bits per heavy atom. The summed E-state index contributed by atoms with van der Waals surface area (Å²) in [6.07, 6.45) is 0.355. The Morgan fingerprint density at radius 1 is 1.17 bits per heavy atom. The highest BCUT2D eigenvalue weighted by molar-refractivity contribution is 7.99. The lowest BCUT2D eigenvalue weighted by atomic mass is 9.71. The molecule has 1 fully saturated rings. The number of fused-ring (bicyclic) bond motifs is 1. The van der Waals surface area contributed by atoms with Crippen molar-refractivity contribution >= 4 is 23.2 Å². The molecule has 1 aromatic heterocycles. The maximum atomic E-state index is 13.8. The van der Waals surface area contributed by atoms with E-state index in [4.69, 9.17) is 0 Å². The maximum absolute atomic E-state index is 13.8. The fourth-order valence-corrected chi connectivity index (χ4v) is 4.84.